The fourth-order valence-corrected chi connectivity index (χ4v) is 3.91. The molecule has 0 bridgehead atoms. The fraction of sp³-hybridized carbons (Fsp3) is 0.0833. The van der Waals surface area contributed by atoms with E-state index in [1.165, 1.54) is 14.2 Å². The molecule has 0 amide bonds. The molecule has 0 spiro atoms. The number of hydrogen-bond acceptors (Lipinski definition) is 5. The van der Waals surface area contributed by atoms with Crippen molar-refractivity contribution in [2.45, 2.75) is 0 Å². The lowest BCUT2D eigenvalue weighted by atomic mass is 9.97. The number of ether oxygens (including phenoxy) is 2. The molecule has 0 saturated carbocycles. The van der Waals surface area contributed by atoms with Crippen LogP contribution in [0.4, 0.5) is 0 Å². The van der Waals surface area contributed by atoms with Gasteiger partial charge in [-0.05, 0) is 57.9 Å². The van der Waals surface area contributed by atoms with Crippen LogP contribution in [0.3, 0.4) is 0 Å². The van der Waals surface area contributed by atoms with Crippen molar-refractivity contribution in [2.75, 3.05) is 14.2 Å². The number of esters is 2. The number of carbonyl (C=O) groups is 2. The molecule has 0 atom stereocenters. The average molecular weight is 384 g/mol. The number of furan rings is 1. The fourth-order valence-electron chi connectivity index (χ4n) is 3.91. The van der Waals surface area contributed by atoms with Crippen molar-refractivity contribution in [1.82, 2.24) is 0 Å². The van der Waals surface area contributed by atoms with Crippen LogP contribution in [-0.4, -0.2) is 26.2 Å². The number of fused-ring (bicyclic) bond motifs is 7. The SMILES string of the molecule is COC(=O)c1ccc2c(ccc3oc4ccc5cc(C(=O)OC)ccc5c4c32)c1. The lowest BCUT2D eigenvalue weighted by Crippen LogP contribution is -2.00. The number of benzene rings is 4. The Labute approximate surface area is 165 Å². The molecule has 5 nitrogen and oxygen atoms in total. The lowest BCUT2D eigenvalue weighted by Gasteiger charge is -2.05. The van der Waals surface area contributed by atoms with Gasteiger partial charge in [-0.3, -0.25) is 0 Å². The smallest absolute Gasteiger partial charge is 0.337 e. The molecule has 0 fully saturated rings. The molecule has 0 aliphatic rings. The van der Waals surface area contributed by atoms with Crippen molar-refractivity contribution in [3.05, 3.63) is 71.8 Å². The summed E-state index contributed by atoms with van der Waals surface area (Å²) in [7, 11) is 2.74. The molecule has 5 aromatic rings. The number of rotatable bonds is 2. The average Bonchev–Trinajstić information content (AvgIpc) is 3.16. The van der Waals surface area contributed by atoms with Crippen LogP contribution in [0.5, 0.6) is 0 Å². The minimum atomic E-state index is -0.371. The number of carbonyl (C=O) groups excluding carboxylic acids is 2. The molecule has 0 aliphatic heterocycles. The van der Waals surface area contributed by atoms with Gasteiger partial charge in [-0.25, -0.2) is 9.59 Å². The first kappa shape index (κ1) is 17.3. The van der Waals surface area contributed by atoms with Gasteiger partial charge in [0.15, 0.2) is 0 Å². The molecule has 0 saturated heterocycles. The molecule has 0 N–H and O–H groups in total. The van der Waals surface area contributed by atoms with Crippen LogP contribution < -0.4 is 0 Å². The third-order valence-electron chi connectivity index (χ3n) is 5.28. The molecule has 1 heterocycles. The van der Waals surface area contributed by atoms with Gasteiger partial charge in [-0.15, -0.1) is 0 Å². The highest BCUT2D eigenvalue weighted by molar-refractivity contribution is 6.26. The van der Waals surface area contributed by atoms with E-state index in [0.717, 1.165) is 43.5 Å². The van der Waals surface area contributed by atoms with Crippen LogP contribution in [0.25, 0.3) is 43.5 Å². The van der Waals surface area contributed by atoms with Crippen LogP contribution in [-0.2, 0) is 9.47 Å². The van der Waals surface area contributed by atoms with Crippen molar-refractivity contribution in [2.24, 2.45) is 0 Å². The van der Waals surface area contributed by atoms with Crippen molar-refractivity contribution in [3.8, 4) is 0 Å². The highest BCUT2D eigenvalue weighted by Gasteiger charge is 2.16. The molecule has 0 aliphatic carbocycles. The van der Waals surface area contributed by atoms with Gasteiger partial charge in [-0.2, -0.15) is 0 Å². The summed E-state index contributed by atoms with van der Waals surface area (Å²) < 4.78 is 15.7. The van der Waals surface area contributed by atoms with Gasteiger partial charge in [0.2, 0.25) is 0 Å². The summed E-state index contributed by atoms with van der Waals surface area (Å²) in [4.78, 5) is 23.8. The van der Waals surface area contributed by atoms with E-state index >= 15 is 0 Å². The molecular weight excluding hydrogens is 368 g/mol. The first-order valence-corrected chi connectivity index (χ1v) is 9.09. The first-order chi connectivity index (χ1) is 14.1. The molecule has 0 radical (unpaired) electrons. The third-order valence-corrected chi connectivity index (χ3v) is 5.28. The summed E-state index contributed by atoms with van der Waals surface area (Å²) in [5, 5.41) is 5.77. The number of methoxy groups -OCH3 is 2. The van der Waals surface area contributed by atoms with Crippen LogP contribution >= 0.6 is 0 Å². The maximum Gasteiger partial charge on any atom is 0.337 e. The topological polar surface area (TPSA) is 65.7 Å². The monoisotopic (exact) mass is 384 g/mol. The summed E-state index contributed by atoms with van der Waals surface area (Å²) in [5.74, 6) is -0.741. The van der Waals surface area contributed by atoms with Gasteiger partial charge in [0, 0.05) is 10.8 Å². The van der Waals surface area contributed by atoms with Gasteiger partial charge >= 0.3 is 11.9 Å². The van der Waals surface area contributed by atoms with Crippen LogP contribution in [0.15, 0.2) is 65.1 Å². The van der Waals surface area contributed by atoms with Gasteiger partial charge in [0.05, 0.1) is 25.3 Å². The normalized spacial score (nSPS) is 11.4. The summed E-state index contributed by atoms with van der Waals surface area (Å²) in [6, 6.07) is 18.7. The standard InChI is InChI=1S/C24H16O5/c1-27-23(25)15-3-7-17-13(11-15)5-9-19-21(17)22-18-8-4-16(24(26)28-2)12-14(18)6-10-20(22)29-19/h3-12H,1-2H3. The Hall–Kier alpha value is -3.86. The Bertz CT molecular complexity index is 1350. The quantitative estimate of drug-likeness (QED) is 0.378. The highest BCUT2D eigenvalue weighted by atomic mass is 16.5. The zero-order chi connectivity index (χ0) is 20.1. The van der Waals surface area contributed by atoms with E-state index in [2.05, 4.69) is 0 Å². The van der Waals surface area contributed by atoms with E-state index in [4.69, 9.17) is 13.9 Å². The van der Waals surface area contributed by atoms with Gasteiger partial charge in [-0.1, -0.05) is 24.3 Å². The summed E-state index contributed by atoms with van der Waals surface area (Å²) >= 11 is 0. The van der Waals surface area contributed by atoms with Crippen LogP contribution in [0.1, 0.15) is 20.7 Å². The van der Waals surface area contributed by atoms with Gasteiger partial charge in [0.25, 0.3) is 0 Å². The molecular formula is C24H16O5. The van der Waals surface area contributed by atoms with E-state index in [-0.39, 0.29) is 11.9 Å². The van der Waals surface area contributed by atoms with Gasteiger partial charge < -0.3 is 13.9 Å². The van der Waals surface area contributed by atoms with Crippen LogP contribution in [0, 0.1) is 0 Å². The Kier molecular flexibility index (Phi) is 3.77. The van der Waals surface area contributed by atoms with Crippen LogP contribution in [0.2, 0.25) is 0 Å². The first-order valence-electron chi connectivity index (χ1n) is 9.09. The maximum absolute atomic E-state index is 11.9. The minimum absolute atomic E-state index is 0.371. The molecule has 142 valence electrons. The Morgan fingerprint density at radius 1 is 0.655 bits per heavy atom. The molecule has 1 aromatic heterocycles. The third kappa shape index (κ3) is 2.55. The van der Waals surface area contributed by atoms with E-state index in [0.29, 0.717) is 11.1 Å². The zero-order valence-electron chi connectivity index (χ0n) is 15.8. The predicted molar refractivity (Wildman–Crippen MR) is 111 cm³/mol. The second-order valence-corrected chi connectivity index (χ2v) is 6.83. The predicted octanol–water partition coefficient (Wildman–Crippen LogP) is 5.47. The maximum atomic E-state index is 11.9. The molecule has 5 heteroatoms. The molecule has 0 unspecified atom stereocenters. The van der Waals surface area contributed by atoms with Crippen molar-refractivity contribution in [1.29, 1.82) is 0 Å². The van der Waals surface area contributed by atoms with Gasteiger partial charge in [0.1, 0.15) is 11.2 Å². The molecule has 5 rings (SSSR count). The summed E-state index contributed by atoms with van der Waals surface area (Å²) in [6.45, 7) is 0. The second-order valence-electron chi connectivity index (χ2n) is 6.83. The highest BCUT2D eigenvalue weighted by Crippen LogP contribution is 2.39. The van der Waals surface area contributed by atoms with E-state index < -0.39 is 0 Å². The Balaban J connectivity index is 1.86. The zero-order valence-corrected chi connectivity index (χ0v) is 15.8. The largest absolute Gasteiger partial charge is 0.465 e. The Morgan fingerprint density at radius 2 is 1.10 bits per heavy atom. The van der Waals surface area contributed by atoms with Crippen molar-refractivity contribution in [3.63, 3.8) is 0 Å². The second kappa shape index (κ2) is 6.34. The van der Waals surface area contributed by atoms with E-state index in [1.807, 2.05) is 48.5 Å². The van der Waals surface area contributed by atoms with Crippen molar-refractivity contribution < 1.29 is 23.5 Å². The summed E-state index contributed by atoms with van der Waals surface area (Å²) in [5.41, 5.74) is 2.53. The Morgan fingerprint density at radius 3 is 1.52 bits per heavy atom. The molecule has 4 aromatic carbocycles. The van der Waals surface area contributed by atoms with E-state index in [9.17, 15) is 9.59 Å². The lowest BCUT2D eigenvalue weighted by molar-refractivity contribution is 0.0592. The summed E-state index contributed by atoms with van der Waals surface area (Å²) in [6.07, 6.45) is 0. The molecule has 29 heavy (non-hydrogen) atoms. The van der Waals surface area contributed by atoms with Crippen molar-refractivity contribution >= 4 is 55.4 Å². The number of hydrogen-bond donors (Lipinski definition) is 0. The minimum Gasteiger partial charge on any atom is -0.465 e. The van der Waals surface area contributed by atoms with E-state index in [1.54, 1.807) is 12.1 Å².